The van der Waals surface area contributed by atoms with Crippen LogP contribution in [0.5, 0.6) is 0 Å². The number of rotatable bonds is 4. The van der Waals surface area contributed by atoms with E-state index in [4.69, 9.17) is 5.73 Å². The number of hydrogen-bond donors (Lipinski definition) is 2. The number of carbonyl (C=O) groups excluding carboxylic acids is 1. The molecule has 4 nitrogen and oxygen atoms in total. The number of hydrogen-bond acceptors (Lipinski definition) is 3. The molecule has 0 atom stereocenters. The van der Waals surface area contributed by atoms with E-state index in [-0.39, 0.29) is 5.91 Å². The van der Waals surface area contributed by atoms with Gasteiger partial charge in [-0.25, -0.2) is 0 Å². The number of amides is 1. The van der Waals surface area contributed by atoms with Gasteiger partial charge in [-0.1, -0.05) is 28.1 Å². The van der Waals surface area contributed by atoms with Crippen molar-refractivity contribution in [1.29, 1.82) is 0 Å². The summed E-state index contributed by atoms with van der Waals surface area (Å²) in [6.07, 6.45) is 4.04. The highest BCUT2D eigenvalue weighted by molar-refractivity contribution is 9.10. The summed E-state index contributed by atoms with van der Waals surface area (Å²) in [6.45, 7) is 0. The Morgan fingerprint density at radius 1 is 1.08 bits per heavy atom. The predicted molar refractivity (Wildman–Crippen MR) is 100.0 cm³/mol. The Balaban J connectivity index is 1.90. The smallest absolute Gasteiger partial charge is 0.256 e. The highest BCUT2D eigenvalue weighted by Gasteiger charge is 2.14. The second kappa shape index (κ2) is 7.27. The molecule has 0 radical (unpaired) electrons. The van der Waals surface area contributed by atoms with E-state index in [0.717, 1.165) is 21.3 Å². The Hall–Kier alpha value is -2.66. The van der Waals surface area contributed by atoms with Crippen LogP contribution in [0, 0.1) is 0 Å². The van der Waals surface area contributed by atoms with Gasteiger partial charge < -0.3 is 11.1 Å². The maximum Gasteiger partial charge on any atom is 0.256 e. The van der Waals surface area contributed by atoms with Crippen LogP contribution in [0.3, 0.4) is 0 Å². The maximum atomic E-state index is 12.7. The first-order chi connectivity index (χ1) is 11.6. The van der Waals surface area contributed by atoms with Crippen molar-refractivity contribution in [3.63, 3.8) is 0 Å². The maximum absolute atomic E-state index is 12.7. The summed E-state index contributed by atoms with van der Waals surface area (Å²) in [5.74, 6) is -0.176. The SMILES string of the molecule is Nc1cccc(C(=O)Nc2cccc(Br)c2)c1Cc1ccncc1. The number of pyridine rings is 1. The van der Waals surface area contributed by atoms with E-state index < -0.39 is 0 Å². The molecule has 120 valence electrons. The minimum Gasteiger partial charge on any atom is -0.398 e. The summed E-state index contributed by atoms with van der Waals surface area (Å²) in [5, 5.41) is 2.92. The van der Waals surface area contributed by atoms with Crippen LogP contribution in [0.25, 0.3) is 0 Å². The zero-order valence-electron chi connectivity index (χ0n) is 12.9. The number of anilines is 2. The summed E-state index contributed by atoms with van der Waals surface area (Å²) >= 11 is 3.40. The van der Waals surface area contributed by atoms with Crippen molar-refractivity contribution in [2.24, 2.45) is 0 Å². The van der Waals surface area contributed by atoms with Crippen molar-refractivity contribution >= 4 is 33.2 Å². The highest BCUT2D eigenvalue weighted by atomic mass is 79.9. The lowest BCUT2D eigenvalue weighted by Crippen LogP contribution is -2.15. The molecule has 0 unspecified atom stereocenters. The van der Waals surface area contributed by atoms with E-state index in [1.165, 1.54) is 0 Å². The second-order valence-corrected chi connectivity index (χ2v) is 6.29. The van der Waals surface area contributed by atoms with Gasteiger partial charge in [-0.15, -0.1) is 0 Å². The summed E-state index contributed by atoms with van der Waals surface area (Å²) in [4.78, 5) is 16.7. The second-order valence-electron chi connectivity index (χ2n) is 5.37. The quantitative estimate of drug-likeness (QED) is 0.663. The molecule has 0 bridgehead atoms. The van der Waals surface area contributed by atoms with Gasteiger partial charge in [0.25, 0.3) is 5.91 Å². The van der Waals surface area contributed by atoms with Crippen molar-refractivity contribution in [1.82, 2.24) is 4.98 Å². The van der Waals surface area contributed by atoms with Crippen LogP contribution in [0.2, 0.25) is 0 Å². The molecule has 2 aromatic carbocycles. The Labute approximate surface area is 148 Å². The van der Waals surface area contributed by atoms with Gasteiger partial charge in [0.05, 0.1) is 0 Å². The van der Waals surface area contributed by atoms with Crippen LogP contribution in [0.4, 0.5) is 11.4 Å². The number of halogens is 1. The monoisotopic (exact) mass is 381 g/mol. The highest BCUT2D eigenvalue weighted by Crippen LogP contribution is 2.23. The number of nitrogens with two attached hydrogens (primary N) is 1. The number of aromatic nitrogens is 1. The Morgan fingerprint density at radius 3 is 2.58 bits per heavy atom. The molecule has 3 rings (SSSR count). The molecular weight excluding hydrogens is 366 g/mol. The topological polar surface area (TPSA) is 68.0 Å². The third kappa shape index (κ3) is 3.81. The molecule has 1 amide bonds. The molecule has 3 aromatic rings. The third-order valence-electron chi connectivity index (χ3n) is 3.67. The number of nitrogen functional groups attached to an aromatic ring is 1. The zero-order valence-corrected chi connectivity index (χ0v) is 14.5. The van der Waals surface area contributed by atoms with Gasteiger partial charge in [-0.2, -0.15) is 0 Å². The number of benzene rings is 2. The lowest BCUT2D eigenvalue weighted by molar-refractivity contribution is 0.102. The van der Waals surface area contributed by atoms with Crippen LogP contribution < -0.4 is 11.1 Å². The van der Waals surface area contributed by atoms with E-state index in [9.17, 15) is 4.79 Å². The van der Waals surface area contributed by atoms with Crippen molar-refractivity contribution in [2.75, 3.05) is 11.1 Å². The Bertz CT molecular complexity index is 865. The van der Waals surface area contributed by atoms with Gasteiger partial charge in [0.1, 0.15) is 0 Å². The molecule has 5 heteroatoms. The van der Waals surface area contributed by atoms with Gasteiger partial charge in [-0.05, 0) is 53.6 Å². The fourth-order valence-electron chi connectivity index (χ4n) is 2.48. The van der Waals surface area contributed by atoms with Crippen molar-refractivity contribution in [2.45, 2.75) is 6.42 Å². The van der Waals surface area contributed by atoms with Gasteiger partial charge in [0, 0.05) is 40.2 Å². The van der Waals surface area contributed by atoms with Crippen molar-refractivity contribution < 1.29 is 4.79 Å². The molecule has 0 aliphatic heterocycles. The van der Waals surface area contributed by atoms with Crippen LogP contribution in [0.1, 0.15) is 21.5 Å². The predicted octanol–water partition coefficient (Wildman–Crippen LogP) is 4.27. The van der Waals surface area contributed by atoms with Crippen LogP contribution in [-0.2, 0) is 6.42 Å². The van der Waals surface area contributed by atoms with E-state index in [0.29, 0.717) is 17.7 Å². The fraction of sp³-hybridized carbons (Fsp3) is 0.0526. The first-order valence-electron chi connectivity index (χ1n) is 7.46. The molecular formula is C19H16BrN3O. The van der Waals surface area contributed by atoms with Crippen molar-refractivity contribution in [3.8, 4) is 0 Å². The summed E-state index contributed by atoms with van der Waals surface area (Å²) in [5.41, 5.74) is 9.90. The first-order valence-corrected chi connectivity index (χ1v) is 8.26. The Kier molecular flexibility index (Phi) is 4.91. The van der Waals surface area contributed by atoms with Gasteiger partial charge in [0.15, 0.2) is 0 Å². The normalized spacial score (nSPS) is 10.4. The lowest BCUT2D eigenvalue weighted by atomic mass is 9.98. The van der Waals surface area contributed by atoms with Crippen LogP contribution >= 0.6 is 15.9 Å². The number of nitrogens with one attached hydrogen (secondary N) is 1. The lowest BCUT2D eigenvalue weighted by Gasteiger charge is -2.13. The summed E-state index contributed by atoms with van der Waals surface area (Å²) in [6, 6.07) is 16.7. The van der Waals surface area contributed by atoms with E-state index in [2.05, 4.69) is 26.2 Å². The van der Waals surface area contributed by atoms with Gasteiger partial charge in [0.2, 0.25) is 0 Å². The first kappa shape index (κ1) is 16.2. The number of carbonyl (C=O) groups is 1. The van der Waals surface area contributed by atoms with E-state index in [1.54, 1.807) is 24.5 Å². The molecule has 0 saturated carbocycles. The molecule has 0 spiro atoms. The standard InChI is InChI=1S/C19H16BrN3O/c20-14-3-1-4-15(12-14)23-19(24)16-5-2-6-18(21)17(16)11-13-7-9-22-10-8-13/h1-10,12H,11,21H2,(H,23,24). The molecule has 3 N–H and O–H groups in total. The molecule has 0 aliphatic carbocycles. The minimum atomic E-state index is -0.176. The molecule has 0 saturated heterocycles. The summed E-state index contributed by atoms with van der Waals surface area (Å²) < 4.78 is 0.907. The molecule has 24 heavy (non-hydrogen) atoms. The Morgan fingerprint density at radius 2 is 1.83 bits per heavy atom. The molecule has 0 aliphatic rings. The largest absolute Gasteiger partial charge is 0.398 e. The van der Waals surface area contributed by atoms with Gasteiger partial charge in [-0.3, -0.25) is 9.78 Å². The molecule has 1 heterocycles. The average Bonchev–Trinajstić information content (AvgIpc) is 2.57. The fourth-order valence-corrected chi connectivity index (χ4v) is 2.88. The zero-order chi connectivity index (χ0) is 16.9. The third-order valence-corrected chi connectivity index (χ3v) is 4.16. The average molecular weight is 382 g/mol. The van der Waals surface area contributed by atoms with Crippen molar-refractivity contribution in [3.05, 3.63) is 88.2 Å². The van der Waals surface area contributed by atoms with Gasteiger partial charge >= 0.3 is 0 Å². The van der Waals surface area contributed by atoms with E-state index in [1.807, 2.05) is 42.5 Å². The molecule has 1 aromatic heterocycles. The van der Waals surface area contributed by atoms with Crippen LogP contribution in [0.15, 0.2) is 71.5 Å². The number of nitrogens with zero attached hydrogens (tertiary/aromatic N) is 1. The van der Waals surface area contributed by atoms with E-state index >= 15 is 0 Å². The minimum absolute atomic E-state index is 0.176. The summed E-state index contributed by atoms with van der Waals surface area (Å²) in [7, 11) is 0. The molecule has 0 fully saturated rings. The van der Waals surface area contributed by atoms with Crippen LogP contribution in [-0.4, -0.2) is 10.9 Å².